The number of hydrogen-bond donors (Lipinski definition) is 2. The lowest BCUT2D eigenvalue weighted by Gasteiger charge is -2.22. The summed E-state index contributed by atoms with van der Waals surface area (Å²) in [6.45, 7) is 8.55. The normalized spacial score (nSPS) is 11.1. The number of benzene rings is 2. The second-order valence-corrected chi connectivity index (χ2v) is 10.0. The maximum atomic E-state index is 9.10. The van der Waals surface area contributed by atoms with Gasteiger partial charge in [0, 0.05) is 16.4 Å². The Balaban J connectivity index is 0.000000757. The van der Waals surface area contributed by atoms with E-state index in [1.165, 1.54) is 54.8 Å². The lowest BCUT2D eigenvalue weighted by Crippen LogP contribution is -2.30. The third-order valence-electron chi connectivity index (χ3n) is 5.65. The van der Waals surface area contributed by atoms with Crippen molar-refractivity contribution in [1.82, 2.24) is 4.90 Å². The predicted octanol–water partition coefficient (Wildman–Crippen LogP) is 7.43. The van der Waals surface area contributed by atoms with E-state index >= 15 is 0 Å². The highest BCUT2D eigenvalue weighted by molar-refractivity contribution is 7.11. The maximum absolute atomic E-state index is 9.10. The molecular weight excluding hydrogens is 522 g/mol. The summed E-state index contributed by atoms with van der Waals surface area (Å²) in [5.74, 6) is -2.72. The quantitative estimate of drug-likeness (QED) is 0.168. The fourth-order valence-corrected chi connectivity index (χ4v) is 4.47. The van der Waals surface area contributed by atoms with Crippen LogP contribution in [0.5, 0.6) is 5.75 Å². The zero-order valence-electron chi connectivity index (χ0n) is 21.9. The summed E-state index contributed by atoms with van der Waals surface area (Å²) >= 11 is 7.81. The van der Waals surface area contributed by atoms with Crippen LogP contribution in [-0.2, 0) is 9.59 Å². The predicted molar refractivity (Wildman–Crippen MR) is 156 cm³/mol. The fourth-order valence-electron chi connectivity index (χ4n) is 3.58. The summed E-state index contributed by atoms with van der Waals surface area (Å²) in [5, 5.41) is 17.7. The Morgan fingerprint density at radius 3 is 2.00 bits per heavy atom. The Morgan fingerprint density at radius 1 is 0.895 bits per heavy atom. The van der Waals surface area contributed by atoms with Crippen LogP contribution in [0.4, 0.5) is 0 Å². The Labute approximate surface area is 234 Å². The van der Waals surface area contributed by atoms with Gasteiger partial charge in [0.25, 0.3) is 0 Å². The van der Waals surface area contributed by atoms with Gasteiger partial charge in [0.05, 0.1) is 0 Å². The van der Waals surface area contributed by atoms with Crippen LogP contribution in [-0.4, -0.2) is 53.3 Å². The van der Waals surface area contributed by atoms with Gasteiger partial charge in [0.15, 0.2) is 0 Å². The Kier molecular flexibility index (Phi) is 14.2. The molecule has 0 unspecified atom stereocenters. The average Bonchev–Trinajstić information content (AvgIpc) is 3.45. The zero-order valence-corrected chi connectivity index (χ0v) is 23.5. The monoisotopic (exact) mass is 557 g/mol. The lowest BCUT2D eigenvalue weighted by molar-refractivity contribution is -0.159. The van der Waals surface area contributed by atoms with Crippen molar-refractivity contribution in [3.05, 3.63) is 87.1 Å². The molecule has 3 rings (SSSR count). The molecule has 6 nitrogen and oxygen atoms in total. The molecule has 0 aliphatic heterocycles. The van der Waals surface area contributed by atoms with Crippen LogP contribution in [0.25, 0.3) is 11.6 Å². The summed E-state index contributed by atoms with van der Waals surface area (Å²) in [7, 11) is 0. The van der Waals surface area contributed by atoms with E-state index in [0.717, 1.165) is 29.5 Å². The first-order valence-corrected chi connectivity index (χ1v) is 14.0. The molecule has 0 atom stereocenters. The largest absolute Gasteiger partial charge is 0.492 e. The number of nitrogens with zero attached hydrogens (tertiary/aromatic N) is 1. The van der Waals surface area contributed by atoms with Gasteiger partial charge < -0.3 is 14.9 Å². The summed E-state index contributed by atoms with van der Waals surface area (Å²) in [5.41, 5.74) is 3.53. The molecule has 0 amide bonds. The number of aliphatic carboxylic acids is 2. The molecule has 0 bridgehead atoms. The molecule has 0 saturated carbocycles. The molecule has 0 aliphatic rings. The van der Waals surface area contributed by atoms with E-state index in [0.29, 0.717) is 0 Å². The standard InChI is InChI=1S/C28H34ClNOS.C2H2O4/c1-3-5-17-30(18-6-4-2)19-20-31-26-15-11-24(12-16-26)27(28-8-7-21-32-28)22-23-9-13-25(29)14-10-23;3-1(4)2(5)6/h7-16,21-22H,3-6,17-20H2,1-2H3;(H,3,4)(H,5,6)/b27-22-;. The van der Waals surface area contributed by atoms with Crippen molar-refractivity contribution in [3.8, 4) is 5.75 Å². The minimum atomic E-state index is -1.82. The second-order valence-electron chi connectivity index (χ2n) is 8.62. The first-order valence-electron chi connectivity index (χ1n) is 12.8. The minimum absolute atomic E-state index is 0.727. The summed E-state index contributed by atoms with van der Waals surface area (Å²) in [6.07, 6.45) is 7.20. The van der Waals surface area contributed by atoms with Gasteiger partial charge in [0.1, 0.15) is 12.4 Å². The topological polar surface area (TPSA) is 87.1 Å². The molecule has 0 saturated heterocycles. The van der Waals surface area contributed by atoms with Crippen LogP contribution in [0.1, 0.15) is 55.5 Å². The van der Waals surface area contributed by atoms with Crippen molar-refractivity contribution in [1.29, 1.82) is 0 Å². The number of carboxylic acids is 2. The third-order valence-corrected chi connectivity index (χ3v) is 6.80. The van der Waals surface area contributed by atoms with Crippen LogP contribution >= 0.6 is 22.9 Å². The van der Waals surface area contributed by atoms with Crippen molar-refractivity contribution >= 4 is 46.5 Å². The molecule has 1 aromatic heterocycles. The van der Waals surface area contributed by atoms with E-state index in [4.69, 9.17) is 36.1 Å². The molecule has 38 heavy (non-hydrogen) atoms. The van der Waals surface area contributed by atoms with Gasteiger partial charge in [-0.05, 0) is 84.4 Å². The third kappa shape index (κ3) is 11.5. The van der Waals surface area contributed by atoms with Gasteiger partial charge in [-0.2, -0.15) is 0 Å². The van der Waals surface area contributed by atoms with E-state index in [1.807, 2.05) is 12.1 Å². The van der Waals surface area contributed by atoms with E-state index in [-0.39, 0.29) is 0 Å². The van der Waals surface area contributed by atoms with Crippen LogP contribution in [0, 0.1) is 0 Å². The number of thiophene rings is 1. The highest BCUT2D eigenvalue weighted by Gasteiger charge is 2.09. The number of unbranched alkanes of at least 4 members (excludes halogenated alkanes) is 2. The molecular formula is C30H36ClNO5S. The Morgan fingerprint density at radius 2 is 1.50 bits per heavy atom. The van der Waals surface area contributed by atoms with Gasteiger partial charge in [-0.25, -0.2) is 9.59 Å². The van der Waals surface area contributed by atoms with Gasteiger partial charge >= 0.3 is 11.9 Å². The molecule has 204 valence electrons. The number of carboxylic acid groups (broad SMARTS) is 2. The Hall–Kier alpha value is -3.13. The number of rotatable bonds is 13. The minimum Gasteiger partial charge on any atom is -0.492 e. The molecule has 2 N–H and O–H groups in total. The van der Waals surface area contributed by atoms with Crippen molar-refractivity contribution in [2.45, 2.75) is 39.5 Å². The van der Waals surface area contributed by atoms with E-state index < -0.39 is 11.9 Å². The SMILES string of the molecule is CCCCN(CCCC)CCOc1ccc(/C(=C/c2ccc(Cl)cc2)c2cccs2)cc1.O=C(O)C(=O)O. The number of carbonyl (C=O) groups is 2. The van der Waals surface area contributed by atoms with Gasteiger partial charge in [-0.1, -0.05) is 68.6 Å². The summed E-state index contributed by atoms with van der Waals surface area (Å²) in [4.78, 5) is 22.0. The molecule has 0 radical (unpaired) electrons. The number of halogens is 1. The molecule has 0 spiro atoms. The molecule has 1 heterocycles. The summed E-state index contributed by atoms with van der Waals surface area (Å²) < 4.78 is 6.08. The van der Waals surface area contributed by atoms with Gasteiger partial charge in [0.2, 0.25) is 0 Å². The highest BCUT2D eigenvalue weighted by atomic mass is 35.5. The molecule has 8 heteroatoms. The smallest absolute Gasteiger partial charge is 0.414 e. The average molecular weight is 558 g/mol. The number of hydrogen-bond acceptors (Lipinski definition) is 5. The van der Waals surface area contributed by atoms with Crippen LogP contribution in [0.2, 0.25) is 5.02 Å². The van der Waals surface area contributed by atoms with E-state index in [2.05, 4.69) is 78.7 Å². The molecule has 2 aromatic carbocycles. The fraction of sp³-hybridized carbons (Fsp3) is 0.333. The second kappa shape index (κ2) is 17.4. The first kappa shape index (κ1) is 31.1. The molecule has 3 aromatic rings. The van der Waals surface area contributed by atoms with E-state index in [9.17, 15) is 0 Å². The highest BCUT2D eigenvalue weighted by Crippen LogP contribution is 2.30. The zero-order chi connectivity index (χ0) is 27.8. The lowest BCUT2D eigenvalue weighted by atomic mass is 10.0. The van der Waals surface area contributed by atoms with Crippen LogP contribution in [0.15, 0.2) is 66.0 Å². The van der Waals surface area contributed by atoms with Crippen molar-refractivity contribution in [2.24, 2.45) is 0 Å². The Bertz CT molecular complexity index is 1110. The van der Waals surface area contributed by atoms with Crippen molar-refractivity contribution in [3.63, 3.8) is 0 Å². The summed E-state index contributed by atoms with van der Waals surface area (Å²) in [6, 6.07) is 20.7. The van der Waals surface area contributed by atoms with Crippen molar-refractivity contribution < 1.29 is 24.5 Å². The van der Waals surface area contributed by atoms with Crippen LogP contribution < -0.4 is 4.74 Å². The molecule has 0 aliphatic carbocycles. The van der Waals surface area contributed by atoms with Crippen LogP contribution in [0.3, 0.4) is 0 Å². The first-order chi connectivity index (χ1) is 18.3. The van der Waals surface area contributed by atoms with E-state index in [1.54, 1.807) is 11.3 Å². The molecule has 0 fully saturated rings. The van der Waals surface area contributed by atoms with Gasteiger partial charge in [-0.15, -0.1) is 11.3 Å². The maximum Gasteiger partial charge on any atom is 0.414 e. The number of ether oxygens (including phenoxy) is 1. The van der Waals surface area contributed by atoms with Crippen molar-refractivity contribution in [2.75, 3.05) is 26.2 Å². The van der Waals surface area contributed by atoms with Gasteiger partial charge in [-0.3, -0.25) is 4.90 Å².